The van der Waals surface area contributed by atoms with Crippen molar-refractivity contribution in [1.82, 2.24) is 10.9 Å². The van der Waals surface area contributed by atoms with E-state index in [4.69, 9.17) is 4.42 Å². The number of hydrogen-bond acceptors (Lipinski definition) is 3. The van der Waals surface area contributed by atoms with Crippen LogP contribution in [-0.2, 0) is 10.2 Å². The van der Waals surface area contributed by atoms with E-state index in [-0.39, 0.29) is 11.7 Å². The van der Waals surface area contributed by atoms with Crippen LogP contribution in [0.25, 0.3) is 0 Å². The van der Waals surface area contributed by atoms with Crippen LogP contribution >= 0.6 is 0 Å². The first-order valence-corrected chi connectivity index (χ1v) is 8.36. The largest absolute Gasteiger partial charge is 0.466 e. The molecule has 1 heterocycles. The lowest BCUT2D eigenvalue weighted by molar-refractivity contribution is -0.127. The monoisotopic (exact) mass is 344 g/mol. The van der Waals surface area contributed by atoms with Crippen molar-refractivity contribution in [3.8, 4) is 0 Å². The zero-order valence-electron chi connectivity index (χ0n) is 14.3. The van der Waals surface area contributed by atoms with Crippen molar-refractivity contribution < 1.29 is 18.4 Å². The standard InChI is InChI=1S/C19H21FN2O3/c1-12-10-16(13(2)25-12)17(23)21-22-18(24)19(8-3-4-9-19)14-6-5-7-15(20)11-14/h5-7,10-11H,3-4,8-9H2,1-2H3,(H,21,23)(H,22,24). The lowest BCUT2D eigenvalue weighted by Crippen LogP contribution is -2.50. The van der Waals surface area contributed by atoms with Gasteiger partial charge in [0, 0.05) is 0 Å². The quantitative estimate of drug-likeness (QED) is 0.839. The molecule has 0 bridgehead atoms. The fourth-order valence-corrected chi connectivity index (χ4v) is 3.57. The number of rotatable bonds is 3. The van der Waals surface area contributed by atoms with Gasteiger partial charge in [0.15, 0.2) is 0 Å². The van der Waals surface area contributed by atoms with Gasteiger partial charge in [-0.25, -0.2) is 4.39 Å². The molecule has 2 N–H and O–H groups in total. The molecule has 0 unspecified atom stereocenters. The summed E-state index contributed by atoms with van der Waals surface area (Å²) >= 11 is 0. The van der Waals surface area contributed by atoms with Crippen LogP contribution in [0, 0.1) is 19.7 Å². The Kier molecular flexibility index (Phi) is 4.61. The molecule has 3 rings (SSSR count). The highest BCUT2D eigenvalue weighted by Gasteiger charge is 2.43. The number of carbonyl (C=O) groups excluding carboxylic acids is 2. The van der Waals surface area contributed by atoms with E-state index in [0.29, 0.717) is 35.5 Å². The molecule has 25 heavy (non-hydrogen) atoms. The third-order valence-electron chi connectivity index (χ3n) is 4.84. The smallest absolute Gasteiger partial charge is 0.273 e. The normalized spacial score (nSPS) is 15.8. The zero-order valence-corrected chi connectivity index (χ0v) is 14.3. The van der Waals surface area contributed by atoms with Crippen molar-refractivity contribution in [3.05, 3.63) is 58.8 Å². The first-order chi connectivity index (χ1) is 11.9. The van der Waals surface area contributed by atoms with Crippen LogP contribution in [0.1, 0.15) is 53.1 Å². The fourth-order valence-electron chi connectivity index (χ4n) is 3.57. The van der Waals surface area contributed by atoms with Crippen LogP contribution in [0.15, 0.2) is 34.7 Å². The second-order valence-electron chi connectivity index (χ2n) is 6.53. The van der Waals surface area contributed by atoms with Crippen molar-refractivity contribution in [3.63, 3.8) is 0 Å². The average molecular weight is 344 g/mol. The SMILES string of the molecule is Cc1cc(C(=O)NNC(=O)C2(c3cccc(F)c3)CCCC2)c(C)o1. The molecular weight excluding hydrogens is 323 g/mol. The topological polar surface area (TPSA) is 71.3 Å². The van der Waals surface area contributed by atoms with Gasteiger partial charge >= 0.3 is 0 Å². The number of furan rings is 1. The van der Waals surface area contributed by atoms with Crippen molar-refractivity contribution in [2.24, 2.45) is 0 Å². The number of amides is 2. The van der Waals surface area contributed by atoms with Crippen molar-refractivity contribution in [1.29, 1.82) is 0 Å². The Morgan fingerprint density at radius 1 is 1.12 bits per heavy atom. The number of hydrazine groups is 1. The van der Waals surface area contributed by atoms with Crippen LogP contribution in [-0.4, -0.2) is 11.8 Å². The van der Waals surface area contributed by atoms with Gasteiger partial charge in [0.1, 0.15) is 17.3 Å². The molecule has 6 heteroatoms. The molecule has 0 radical (unpaired) electrons. The van der Waals surface area contributed by atoms with E-state index in [1.165, 1.54) is 12.1 Å². The molecule has 5 nitrogen and oxygen atoms in total. The summed E-state index contributed by atoms with van der Waals surface area (Å²) in [7, 11) is 0. The molecule has 0 saturated heterocycles. The summed E-state index contributed by atoms with van der Waals surface area (Å²) in [5, 5.41) is 0. The summed E-state index contributed by atoms with van der Waals surface area (Å²) in [5.74, 6) is -0.00650. The highest BCUT2D eigenvalue weighted by molar-refractivity contribution is 5.97. The summed E-state index contributed by atoms with van der Waals surface area (Å²) in [4.78, 5) is 25.1. The molecule has 1 saturated carbocycles. The summed E-state index contributed by atoms with van der Waals surface area (Å²) < 4.78 is 19.0. The minimum Gasteiger partial charge on any atom is -0.466 e. The maximum absolute atomic E-state index is 13.6. The lowest BCUT2D eigenvalue weighted by atomic mass is 9.78. The first kappa shape index (κ1) is 17.2. The minimum absolute atomic E-state index is 0.318. The number of nitrogens with one attached hydrogen (secondary N) is 2. The molecule has 0 spiro atoms. The molecule has 1 aromatic heterocycles. The molecule has 1 aliphatic rings. The van der Waals surface area contributed by atoms with Gasteiger partial charge in [-0.2, -0.15) is 0 Å². The second-order valence-corrected chi connectivity index (χ2v) is 6.53. The van der Waals surface area contributed by atoms with Gasteiger partial charge in [0.05, 0.1) is 11.0 Å². The molecule has 0 aliphatic heterocycles. The van der Waals surface area contributed by atoms with Gasteiger partial charge in [-0.05, 0) is 50.5 Å². The fraction of sp³-hybridized carbons (Fsp3) is 0.368. The van der Waals surface area contributed by atoms with Crippen LogP contribution in [0.4, 0.5) is 4.39 Å². The first-order valence-electron chi connectivity index (χ1n) is 8.36. The summed E-state index contributed by atoms with van der Waals surface area (Å²) in [6.07, 6.45) is 3.03. The summed E-state index contributed by atoms with van der Waals surface area (Å²) in [6, 6.07) is 7.74. The third-order valence-corrected chi connectivity index (χ3v) is 4.84. The minimum atomic E-state index is -0.809. The number of hydrogen-bond donors (Lipinski definition) is 2. The number of carbonyl (C=O) groups is 2. The number of aryl methyl sites for hydroxylation is 2. The van der Waals surface area contributed by atoms with E-state index >= 15 is 0 Å². The Balaban J connectivity index is 1.76. The molecule has 1 aliphatic carbocycles. The molecule has 1 aromatic carbocycles. The van der Waals surface area contributed by atoms with Gasteiger partial charge in [0.25, 0.3) is 5.91 Å². The Bertz CT molecular complexity index is 807. The average Bonchev–Trinajstić information content (AvgIpc) is 3.19. The lowest BCUT2D eigenvalue weighted by Gasteiger charge is -2.28. The maximum atomic E-state index is 13.6. The molecule has 2 aromatic rings. The van der Waals surface area contributed by atoms with E-state index in [1.54, 1.807) is 32.0 Å². The van der Waals surface area contributed by atoms with Gasteiger partial charge < -0.3 is 4.42 Å². The number of benzene rings is 1. The zero-order chi connectivity index (χ0) is 18.0. The van der Waals surface area contributed by atoms with Gasteiger partial charge in [-0.3, -0.25) is 20.4 Å². The van der Waals surface area contributed by atoms with Gasteiger partial charge in [-0.1, -0.05) is 25.0 Å². The highest BCUT2D eigenvalue weighted by atomic mass is 19.1. The summed E-state index contributed by atoms with van der Waals surface area (Å²) in [5.41, 5.74) is 5.18. The number of halogens is 1. The van der Waals surface area contributed by atoms with Crippen LogP contribution in [0.3, 0.4) is 0 Å². The molecule has 0 atom stereocenters. The van der Waals surface area contributed by atoms with E-state index in [1.807, 2.05) is 0 Å². The Morgan fingerprint density at radius 3 is 2.44 bits per heavy atom. The molecule has 132 valence electrons. The Morgan fingerprint density at radius 2 is 1.84 bits per heavy atom. The predicted molar refractivity (Wildman–Crippen MR) is 90.3 cm³/mol. The maximum Gasteiger partial charge on any atom is 0.273 e. The van der Waals surface area contributed by atoms with Crippen LogP contribution < -0.4 is 10.9 Å². The molecule has 2 amide bonds. The van der Waals surface area contributed by atoms with Crippen LogP contribution in [0.5, 0.6) is 0 Å². The van der Waals surface area contributed by atoms with Crippen molar-refractivity contribution >= 4 is 11.8 Å². The molecular formula is C19H21FN2O3. The second kappa shape index (κ2) is 6.70. The van der Waals surface area contributed by atoms with E-state index in [2.05, 4.69) is 10.9 Å². The van der Waals surface area contributed by atoms with Crippen molar-refractivity contribution in [2.45, 2.75) is 44.9 Å². The van der Waals surface area contributed by atoms with E-state index in [9.17, 15) is 14.0 Å². The van der Waals surface area contributed by atoms with Crippen molar-refractivity contribution in [2.75, 3.05) is 0 Å². The molecule has 1 fully saturated rings. The van der Waals surface area contributed by atoms with Crippen LogP contribution in [0.2, 0.25) is 0 Å². The Hall–Kier alpha value is -2.63. The van der Waals surface area contributed by atoms with E-state index < -0.39 is 11.3 Å². The van der Waals surface area contributed by atoms with Gasteiger partial charge in [0.2, 0.25) is 5.91 Å². The third kappa shape index (κ3) is 3.29. The van der Waals surface area contributed by atoms with Gasteiger partial charge in [-0.15, -0.1) is 0 Å². The van der Waals surface area contributed by atoms with E-state index in [0.717, 1.165) is 12.8 Å². The highest BCUT2D eigenvalue weighted by Crippen LogP contribution is 2.41. The summed E-state index contributed by atoms with van der Waals surface area (Å²) in [6.45, 7) is 3.44. The predicted octanol–water partition coefficient (Wildman–Crippen LogP) is 3.31. The Labute approximate surface area is 145 Å².